The van der Waals surface area contributed by atoms with E-state index in [1.54, 1.807) is 4.90 Å². The number of rotatable bonds is 1. The summed E-state index contributed by atoms with van der Waals surface area (Å²) >= 11 is 3.48. The summed E-state index contributed by atoms with van der Waals surface area (Å²) in [5.41, 5.74) is 2.70. The quantitative estimate of drug-likeness (QED) is 0.761. The molecule has 0 bridgehead atoms. The molecular formula is C14H18BrN3O2. The van der Waals surface area contributed by atoms with E-state index in [9.17, 15) is 9.59 Å². The Labute approximate surface area is 126 Å². The molecule has 2 N–H and O–H groups in total. The number of anilines is 1. The van der Waals surface area contributed by atoms with Gasteiger partial charge in [0.05, 0.1) is 0 Å². The van der Waals surface area contributed by atoms with Crippen LogP contribution < -0.4 is 10.6 Å². The maximum absolute atomic E-state index is 12.0. The first-order valence-corrected chi connectivity index (χ1v) is 7.36. The number of benzene rings is 1. The molecule has 1 aliphatic heterocycles. The van der Waals surface area contributed by atoms with Gasteiger partial charge in [-0.1, -0.05) is 15.9 Å². The number of piperazine rings is 1. The summed E-state index contributed by atoms with van der Waals surface area (Å²) in [6.07, 6.45) is 0. The number of carbonyl (C=O) groups excluding carboxylic acids is 2. The molecule has 1 heterocycles. The van der Waals surface area contributed by atoms with E-state index in [1.165, 1.54) is 0 Å². The topological polar surface area (TPSA) is 61.4 Å². The molecule has 0 atom stereocenters. The molecule has 0 unspecified atom stereocenters. The van der Waals surface area contributed by atoms with Crippen LogP contribution in [0.3, 0.4) is 0 Å². The highest BCUT2D eigenvalue weighted by Crippen LogP contribution is 2.24. The summed E-state index contributed by atoms with van der Waals surface area (Å²) < 4.78 is 1.02. The van der Waals surface area contributed by atoms with E-state index in [0.29, 0.717) is 18.8 Å². The number of nitrogens with one attached hydrogen (secondary N) is 2. The van der Waals surface area contributed by atoms with Gasteiger partial charge in [0.15, 0.2) is 0 Å². The fourth-order valence-corrected chi connectivity index (χ4v) is 2.44. The molecule has 0 spiro atoms. The van der Waals surface area contributed by atoms with Crippen LogP contribution in [-0.4, -0.2) is 42.9 Å². The third-order valence-corrected chi connectivity index (χ3v) is 4.54. The van der Waals surface area contributed by atoms with Gasteiger partial charge >= 0.3 is 11.8 Å². The second kappa shape index (κ2) is 6.37. The highest BCUT2D eigenvalue weighted by molar-refractivity contribution is 9.10. The maximum Gasteiger partial charge on any atom is 0.313 e. The lowest BCUT2D eigenvalue weighted by Crippen LogP contribution is -2.49. The second-order valence-electron chi connectivity index (χ2n) is 4.92. The lowest BCUT2D eigenvalue weighted by atomic mass is 10.1. The van der Waals surface area contributed by atoms with Crippen LogP contribution in [0.4, 0.5) is 5.69 Å². The first-order chi connectivity index (χ1) is 9.49. The van der Waals surface area contributed by atoms with Crippen LogP contribution in [0.1, 0.15) is 11.1 Å². The Morgan fingerprint density at radius 3 is 2.30 bits per heavy atom. The molecule has 2 rings (SSSR count). The zero-order valence-electron chi connectivity index (χ0n) is 11.6. The minimum absolute atomic E-state index is 0.468. The van der Waals surface area contributed by atoms with Gasteiger partial charge in [-0.3, -0.25) is 9.59 Å². The van der Waals surface area contributed by atoms with Gasteiger partial charge in [0.25, 0.3) is 0 Å². The van der Waals surface area contributed by atoms with E-state index in [4.69, 9.17) is 0 Å². The molecular weight excluding hydrogens is 322 g/mol. The molecule has 5 nitrogen and oxygen atoms in total. The summed E-state index contributed by atoms with van der Waals surface area (Å²) in [4.78, 5) is 25.6. The molecule has 1 aromatic rings. The van der Waals surface area contributed by atoms with Crippen LogP contribution in [-0.2, 0) is 9.59 Å². The highest BCUT2D eigenvalue weighted by Gasteiger charge is 2.23. The van der Waals surface area contributed by atoms with E-state index >= 15 is 0 Å². The van der Waals surface area contributed by atoms with Gasteiger partial charge < -0.3 is 15.5 Å². The maximum atomic E-state index is 12.0. The van der Waals surface area contributed by atoms with E-state index in [2.05, 4.69) is 26.6 Å². The molecule has 0 aliphatic carbocycles. The highest BCUT2D eigenvalue weighted by atomic mass is 79.9. The number of aryl methyl sites for hydroxylation is 2. The first kappa shape index (κ1) is 15.0. The van der Waals surface area contributed by atoms with Gasteiger partial charge in [0.1, 0.15) is 0 Å². The Kier molecular flexibility index (Phi) is 4.77. The van der Waals surface area contributed by atoms with Crippen molar-refractivity contribution in [3.63, 3.8) is 0 Å². The van der Waals surface area contributed by atoms with Crippen molar-refractivity contribution >= 4 is 33.4 Å². The monoisotopic (exact) mass is 339 g/mol. The van der Waals surface area contributed by atoms with Crippen LogP contribution in [0, 0.1) is 13.8 Å². The van der Waals surface area contributed by atoms with Crippen LogP contribution in [0.2, 0.25) is 0 Å². The molecule has 0 saturated carbocycles. The lowest BCUT2D eigenvalue weighted by molar-refractivity contribution is -0.143. The molecule has 1 aliphatic rings. The average molecular weight is 340 g/mol. The Morgan fingerprint density at radius 1 is 1.20 bits per heavy atom. The van der Waals surface area contributed by atoms with Crippen molar-refractivity contribution in [2.75, 3.05) is 31.5 Å². The molecule has 2 amide bonds. The van der Waals surface area contributed by atoms with Gasteiger partial charge in [0, 0.05) is 36.3 Å². The lowest BCUT2D eigenvalue weighted by Gasteiger charge is -2.26. The third-order valence-electron chi connectivity index (χ3n) is 3.29. The summed E-state index contributed by atoms with van der Waals surface area (Å²) in [5, 5.41) is 5.83. The number of carbonyl (C=O) groups is 2. The van der Waals surface area contributed by atoms with E-state index in [-0.39, 0.29) is 0 Å². The van der Waals surface area contributed by atoms with Crippen molar-refractivity contribution in [1.82, 2.24) is 10.2 Å². The van der Waals surface area contributed by atoms with Gasteiger partial charge in [0.2, 0.25) is 0 Å². The third kappa shape index (κ3) is 3.37. The SMILES string of the molecule is Cc1cc(NC(=O)C(=O)N2CCNCC2)cc(C)c1Br. The summed E-state index contributed by atoms with van der Waals surface area (Å²) in [6.45, 7) is 6.51. The molecule has 1 saturated heterocycles. The zero-order valence-corrected chi connectivity index (χ0v) is 13.2. The molecule has 6 heteroatoms. The van der Waals surface area contributed by atoms with Crippen LogP contribution >= 0.6 is 15.9 Å². The number of amides is 2. The Balaban J connectivity index is 2.05. The summed E-state index contributed by atoms with van der Waals surface area (Å²) in [6, 6.07) is 3.69. The minimum Gasteiger partial charge on any atom is -0.332 e. The largest absolute Gasteiger partial charge is 0.332 e. The second-order valence-corrected chi connectivity index (χ2v) is 5.71. The van der Waals surface area contributed by atoms with Crippen LogP contribution in [0.5, 0.6) is 0 Å². The first-order valence-electron chi connectivity index (χ1n) is 6.57. The fourth-order valence-electron chi connectivity index (χ4n) is 2.21. The molecule has 0 radical (unpaired) electrons. The minimum atomic E-state index is -0.576. The summed E-state index contributed by atoms with van der Waals surface area (Å²) in [7, 11) is 0. The zero-order chi connectivity index (χ0) is 14.7. The van der Waals surface area contributed by atoms with Crippen molar-refractivity contribution in [3.05, 3.63) is 27.7 Å². The molecule has 108 valence electrons. The fraction of sp³-hybridized carbons (Fsp3) is 0.429. The van der Waals surface area contributed by atoms with E-state index in [1.807, 2.05) is 26.0 Å². The van der Waals surface area contributed by atoms with E-state index in [0.717, 1.165) is 28.7 Å². The Bertz CT molecular complexity index is 516. The molecule has 1 fully saturated rings. The predicted molar refractivity (Wildman–Crippen MR) is 81.7 cm³/mol. The molecule has 20 heavy (non-hydrogen) atoms. The Hall–Kier alpha value is -1.40. The van der Waals surface area contributed by atoms with Crippen molar-refractivity contribution in [2.24, 2.45) is 0 Å². The van der Waals surface area contributed by atoms with Crippen LogP contribution in [0.25, 0.3) is 0 Å². The molecule has 0 aromatic heterocycles. The van der Waals surface area contributed by atoms with Gasteiger partial charge in [-0.15, -0.1) is 0 Å². The van der Waals surface area contributed by atoms with Crippen molar-refractivity contribution < 1.29 is 9.59 Å². The Morgan fingerprint density at radius 2 is 1.75 bits per heavy atom. The van der Waals surface area contributed by atoms with Crippen molar-refractivity contribution in [1.29, 1.82) is 0 Å². The summed E-state index contributed by atoms with van der Waals surface area (Å²) in [5.74, 6) is -1.04. The van der Waals surface area contributed by atoms with Gasteiger partial charge in [-0.25, -0.2) is 0 Å². The normalized spacial score (nSPS) is 15.1. The number of hydrogen-bond acceptors (Lipinski definition) is 3. The molecule has 1 aromatic carbocycles. The van der Waals surface area contributed by atoms with Gasteiger partial charge in [-0.05, 0) is 37.1 Å². The number of halogens is 1. The van der Waals surface area contributed by atoms with Gasteiger partial charge in [-0.2, -0.15) is 0 Å². The van der Waals surface area contributed by atoms with Crippen molar-refractivity contribution in [3.8, 4) is 0 Å². The standard InChI is InChI=1S/C14H18BrN3O2/c1-9-7-11(8-10(2)12(9)15)17-13(19)14(20)18-5-3-16-4-6-18/h7-8,16H,3-6H2,1-2H3,(H,17,19). The van der Waals surface area contributed by atoms with Crippen LogP contribution in [0.15, 0.2) is 16.6 Å². The number of hydrogen-bond donors (Lipinski definition) is 2. The van der Waals surface area contributed by atoms with Crippen molar-refractivity contribution in [2.45, 2.75) is 13.8 Å². The average Bonchev–Trinajstić information content (AvgIpc) is 2.44. The smallest absolute Gasteiger partial charge is 0.313 e. The van der Waals surface area contributed by atoms with E-state index < -0.39 is 11.8 Å². The number of nitrogens with zero attached hydrogens (tertiary/aromatic N) is 1. The predicted octanol–water partition coefficient (Wildman–Crippen LogP) is 1.44.